The van der Waals surface area contributed by atoms with Crippen LogP contribution in [0.1, 0.15) is 66.1 Å². The van der Waals surface area contributed by atoms with E-state index >= 15 is 0 Å². The van der Waals surface area contributed by atoms with Crippen molar-refractivity contribution in [3.8, 4) is 0 Å². The van der Waals surface area contributed by atoms with Crippen molar-refractivity contribution in [3.05, 3.63) is 70.8 Å². The summed E-state index contributed by atoms with van der Waals surface area (Å²) in [7, 11) is 0. The van der Waals surface area contributed by atoms with E-state index in [4.69, 9.17) is 0 Å². The van der Waals surface area contributed by atoms with Crippen LogP contribution in [0, 0.1) is 5.92 Å². The van der Waals surface area contributed by atoms with Crippen LogP contribution in [0.4, 0.5) is 0 Å². The molecule has 3 rings (SSSR count). The first-order valence-corrected chi connectivity index (χ1v) is 10.2. The molecular weight excluding hydrogens is 348 g/mol. The van der Waals surface area contributed by atoms with Crippen molar-refractivity contribution in [2.75, 3.05) is 0 Å². The van der Waals surface area contributed by atoms with Crippen molar-refractivity contribution >= 4 is 17.3 Å². The monoisotopic (exact) mass is 376 g/mol. The molecule has 2 aromatic rings. The molecule has 0 radical (unpaired) electrons. The minimum Gasteiger partial charge on any atom is -0.300 e. The first-order chi connectivity index (χ1) is 13.5. The molecule has 0 spiro atoms. The van der Waals surface area contributed by atoms with Gasteiger partial charge in [-0.2, -0.15) is 0 Å². The van der Waals surface area contributed by atoms with Gasteiger partial charge in [0.2, 0.25) is 0 Å². The van der Waals surface area contributed by atoms with Gasteiger partial charge in [0.05, 0.1) is 0 Å². The summed E-state index contributed by atoms with van der Waals surface area (Å²) in [4.78, 5) is 36.1. The van der Waals surface area contributed by atoms with Crippen LogP contribution in [-0.2, 0) is 28.9 Å². The van der Waals surface area contributed by atoms with Crippen LogP contribution in [-0.4, -0.2) is 17.3 Å². The Kier molecular flexibility index (Phi) is 6.91. The van der Waals surface area contributed by atoms with Gasteiger partial charge in [-0.05, 0) is 29.5 Å². The molecule has 2 aromatic carbocycles. The molecule has 28 heavy (non-hydrogen) atoms. The van der Waals surface area contributed by atoms with E-state index in [1.807, 2.05) is 36.4 Å². The lowest BCUT2D eigenvalue weighted by atomic mass is 9.95. The van der Waals surface area contributed by atoms with Gasteiger partial charge in [-0.3, -0.25) is 14.4 Å². The second-order valence-corrected chi connectivity index (χ2v) is 8.07. The van der Waals surface area contributed by atoms with Crippen molar-refractivity contribution in [1.82, 2.24) is 0 Å². The Labute approximate surface area is 167 Å². The number of benzene rings is 2. The third kappa shape index (κ3) is 5.98. The molecule has 0 unspecified atom stereocenters. The van der Waals surface area contributed by atoms with Gasteiger partial charge in [-0.15, -0.1) is 0 Å². The highest BCUT2D eigenvalue weighted by molar-refractivity contribution is 5.97. The van der Waals surface area contributed by atoms with Crippen LogP contribution in [0.5, 0.6) is 0 Å². The average Bonchev–Trinajstić information content (AvgIpc) is 3.15. The highest BCUT2D eigenvalue weighted by Crippen LogP contribution is 2.28. The fourth-order valence-electron chi connectivity index (χ4n) is 4.07. The molecule has 0 aromatic heterocycles. The van der Waals surface area contributed by atoms with E-state index in [1.54, 1.807) is 19.1 Å². The zero-order chi connectivity index (χ0) is 19.9. The van der Waals surface area contributed by atoms with Crippen molar-refractivity contribution in [1.29, 1.82) is 0 Å². The summed E-state index contributed by atoms with van der Waals surface area (Å²) in [5.41, 5.74) is 3.50. The minimum atomic E-state index is 0.0452. The molecule has 3 heteroatoms. The second kappa shape index (κ2) is 9.59. The lowest BCUT2D eigenvalue weighted by Gasteiger charge is -2.09. The fraction of sp³-hybridized carbons (Fsp3) is 0.400. The van der Waals surface area contributed by atoms with E-state index in [1.165, 1.54) is 25.7 Å². The molecule has 3 nitrogen and oxygen atoms in total. The summed E-state index contributed by atoms with van der Waals surface area (Å²) < 4.78 is 0. The first kappa shape index (κ1) is 20.2. The normalized spacial score (nSPS) is 14.2. The summed E-state index contributed by atoms with van der Waals surface area (Å²) in [6, 6.07) is 15.1. The lowest BCUT2D eigenvalue weighted by molar-refractivity contribution is -0.119. The predicted octanol–water partition coefficient (Wildman–Crippen LogP) is 4.94. The second-order valence-electron chi connectivity index (χ2n) is 8.07. The van der Waals surface area contributed by atoms with Gasteiger partial charge in [-0.25, -0.2) is 0 Å². The Bertz CT molecular complexity index is 842. The molecular formula is C25H28O3. The molecule has 146 valence electrons. The van der Waals surface area contributed by atoms with E-state index in [-0.39, 0.29) is 11.6 Å². The maximum absolute atomic E-state index is 12.6. The van der Waals surface area contributed by atoms with Gasteiger partial charge >= 0.3 is 0 Å². The topological polar surface area (TPSA) is 51.2 Å². The van der Waals surface area contributed by atoms with E-state index in [0.717, 1.165) is 16.7 Å². The minimum absolute atomic E-state index is 0.0452. The number of hydrogen-bond donors (Lipinski definition) is 0. The predicted molar refractivity (Wildman–Crippen MR) is 111 cm³/mol. The Morgan fingerprint density at radius 1 is 0.821 bits per heavy atom. The van der Waals surface area contributed by atoms with Crippen LogP contribution in [0.25, 0.3) is 0 Å². The van der Waals surface area contributed by atoms with Crippen molar-refractivity contribution in [3.63, 3.8) is 0 Å². The Morgan fingerprint density at radius 2 is 1.46 bits per heavy atom. The molecule has 0 atom stereocenters. The van der Waals surface area contributed by atoms with Crippen molar-refractivity contribution in [2.24, 2.45) is 5.92 Å². The molecule has 0 amide bonds. The number of hydrogen-bond acceptors (Lipinski definition) is 3. The van der Waals surface area contributed by atoms with Gasteiger partial charge in [0.1, 0.15) is 11.6 Å². The third-order valence-electron chi connectivity index (χ3n) is 5.48. The van der Waals surface area contributed by atoms with E-state index < -0.39 is 0 Å². The van der Waals surface area contributed by atoms with Crippen LogP contribution >= 0.6 is 0 Å². The molecule has 0 heterocycles. The molecule has 0 N–H and O–H groups in total. The van der Waals surface area contributed by atoms with E-state index in [0.29, 0.717) is 42.9 Å². The largest absolute Gasteiger partial charge is 0.300 e. The lowest BCUT2D eigenvalue weighted by Crippen LogP contribution is -2.09. The quantitative estimate of drug-likeness (QED) is 0.583. The fourth-order valence-corrected chi connectivity index (χ4v) is 4.07. The van der Waals surface area contributed by atoms with Gasteiger partial charge in [0, 0.05) is 31.2 Å². The molecule has 1 aliphatic rings. The molecule has 0 aliphatic heterocycles. The molecule has 1 aliphatic carbocycles. The smallest absolute Gasteiger partial charge is 0.167 e. The maximum Gasteiger partial charge on any atom is 0.167 e. The van der Waals surface area contributed by atoms with Crippen molar-refractivity contribution < 1.29 is 14.4 Å². The highest BCUT2D eigenvalue weighted by atomic mass is 16.1. The van der Waals surface area contributed by atoms with Gasteiger partial charge in [0.25, 0.3) is 0 Å². The third-order valence-corrected chi connectivity index (χ3v) is 5.48. The summed E-state index contributed by atoms with van der Waals surface area (Å²) in [5, 5.41) is 0. The Balaban J connectivity index is 1.58. The van der Waals surface area contributed by atoms with Gasteiger partial charge in [-0.1, -0.05) is 74.2 Å². The SMILES string of the molecule is CC(=O)Cc1ccc(C(=O)Cc2cccc(CC(=O)CC3CCCC3)c2)cc1. The molecule has 1 fully saturated rings. The zero-order valence-electron chi connectivity index (χ0n) is 16.6. The summed E-state index contributed by atoms with van der Waals surface area (Å²) in [5.74, 6) is 1.03. The Hall–Kier alpha value is -2.55. The van der Waals surface area contributed by atoms with E-state index in [9.17, 15) is 14.4 Å². The van der Waals surface area contributed by atoms with E-state index in [2.05, 4.69) is 0 Å². The van der Waals surface area contributed by atoms with Crippen LogP contribution in [0.3, 0.4) is 0 Å². The molecule has 1 saturated carbocycles. The number of carbonyl (C=O) groups is 3. The highest BCUT2D eigenvalue weighted by Gasteiger charge is 2.18. The van der Waals surface area contributed by atoms with Gasteiger partial charge < -0.3 is 0 Å². The number of carbonyl (C=O) groups excluding carboxylic acids is 3. The first-order valence-electron chi connectivity index (χ1n) is 10.2. The number of Topliss-reactive ketones (excluding diaryl/α,β-unsaturated/α-hetero) is 3. The standard InChI is InChI=1S/C25H28O3/c1-18(26)13-20-9-11-23(12-10-20)25(28)17-22-8-4-7-21(14-22)16-24(27)15-19-5-2-3-6-19/h4,7-12,14,19H,2-3,5-6,13,15-17H2,1H3. The average molecular weight is 376 g/mol. The van der Waals surface area contributed by atoms with Crippen LogP contribution in [0.15, 0.2) is 48.5 Å². The summed E-state index contributed by atoms with van der Waals surface area (Å²) in [6.07, 6.45) is 6.74. The van der Waals surface area contributed by atoms with Crippen LogP contribution < -0.4 is 0 Å². The van der Waals surface area contributed by atoms with Crippen molar-refractivity contribution in [2.45, 2.75) is 58.3 Å². The maximum atomic E-state index is 12.6. The number of rotatable bonds is 9. The van der Waals surface area contributed by atoms with Crippen LogP contribution in [0.2, 0.25) is 0 Å². The number of ketones is 3. The van der Waals surface area contributed by atoms with Gasteiger partial charge in [0.15, 0.2) is 5.78 Å². The zero-order valence-corrected chi connectivity index (χ0v) is 16.6. The molecule has 0 bridgehead atoms. The summed E-state index contributed by atoms with van der Waals surface area (Å²) >= 11 is 0. The molecule has 0 saturated heterocycles. The summed E-state index contributed by atoms with van der Waals surface area (Å²) in [6.45, 7) is 1.56. The Morgan fingerprint density at radius 3 is 2.11 bits per heavy atom.